The molecule has 2 heterocycles. The third-order valence-corrected chi connectivity index (χ3v) is 5.29. The molecule has 1 aliphatic heterocycles. The van der Waals surface area contributed by atoms with Crippen molar-refractivity contribution in [1.29, 1.82) is 0 Å². The smallest absolute Gasteiger partial charge is 0.220 e. The van der Waals surface area contributed by atoms with Gasteiger partial charge in [-0.3, -0.25) is 14.8 Å². The van der Waals surface area contributed by atoms with Crippen molar-refractivity contribution in [1.82, 2.24) is 20.4 Å². The lowest BCUT2D eigenvalue weighted by Gasteiger charge is -2.24. The molecule has 2 fully saturated rings. The Bertz CT molecular complexity index is 515. The van der Waals surface area contributed by atoms with Crippen LogP contribution in [0, 0.1) is 18.8 Å². The van der Waals surface area contributed by atoms with E-state index in [0.29, 0.717) is 24.3 Å². The number of piperidine rings is 1. The second kappa shape index (κ2) is 5.37. The van der Waals surface area contributed by atoms with Gasteiger partial charge in [-0.25, -0.2) is 0 Å². The van der Waals surface area contributed by atoms with Crippen LogP contribution in [-0.4, -0.2) is 40.6 Å². The number of nitrogens with one attached hydrogen (secondary N) is 2. The van der Waals surface area contributed by atoms with Crippen LogP contribution < -0.4 is 5.32 Å². The third kappa shape index (κ3) is 2.56. The molecule has 0 radical (unpaired) electrons. The molecule has 1 saturated carbocycles. The number of amides is 1. The Labute approximate surface area is 124 Å². The Morgan fingerprint density at radius 2 is 2.15 bits per heavy atom. The van der Waals surface area contributed by atoms with Gasteiger partial charge in [0.1, 0.15) is 0 Å². The van der Waals surface area contributed by atoms with Crippen LogP contribution in [0.4, 0.5) is 0 Å². The minimum atomic E-state index is 0.209. The highest BCUT2D eigenvalue weighted by Crippen LogP contribution is 2.38. The molecule has 0 unspecified atom stereocenters. The maximum Gasteiger partial charge on any atom is 0.220 e. The number of aromatic nitrogens is 2. The predicted octanol–water partition coefficient (Wildman–Crippen LogP) is 1.72. The average molecular weight is 297 g/mol. The van der Waals surface area contributed by atoms with Gasteiger partial charge in [0, 0.05) is 25.6 Å². The molecule has 0 aromatic carbocycles. The Balaban J connectivity index is 1.62. The first kappa shape index (κ1) is 13.9. The van der Waals surface area contributed by atoms with Crippen molar-refractivity contribution in [2.45, 2.75) is 38.8 Å². The van der Waals surface area contributed by atoms with Crippen molar-refractivity contribution >= 4 is 17.5 Å². The Morgan fingerprint density at radius 3 is 2.85 bits per heavy atom. The lowest BCUT2D eigenvalue weighted by Crippen LogP contribution is -2.38. The van der Waals surface area contributed by atoms with Gasteiger partial charge >= 0.3 is 0 Å². The SMILES string of the molecule is Cc1[nH]nc(CN(C)[C@H]2C[C@H]3CNC(=O)C[C@H]3C2)c1Cl. The summed E-state index contributed by atoms with van der Waals surface area (Å²) in [6.07, 6.45) is 2.95. The van der Waals surface area contributed by atoms with E-state index in [4.69, 9.17) is 11.6 Å². The molecule has 1 saturated heterocycles. The summed E-state index contributed by atoms with van der Waals surface area (Å²) in [5, 5.41) is 10.9. The summed E-state index contributed by atoms with van der Waals surface area (Å²) in [6, 6.07) is 0.519. The second-order valence-corrected chi connectivity index (χ2v) is 6.56. The van der Waals surface area contributed by atoms with Crippen molar-refractivity contribution < 1.29 is 4.79 Å². The van der Waals surface area contributed by atoms with E-state index in [0.717, 1.165) is 42.3 Å². The van der Waals surface area contributed by atoms with Crippen LogP contribution in [-0.2, 0) is 11.3 Å². The zero-order chi connectivity index (χ0) is 14.3. The number of hydrogen-bond acceptors (Lipinski definition) is 3. The van der Waals surface area contributed by atoms with Crippen molar-refractivity contribution in [3.05, 3.63) is 16.4 Å². The number of carbonyl (C=O) groups is 1. The van der Waals surface area contributed by atoms with Crippen LogP contribution in [0.15, 0.2) is 0 Å². The number of aryl methyl sites for hydroxylation is 1. The topological polar surface area (TPSA) is 61.0 Å². The van der Waals surface area contributed by atoms with E-state index in [1.165, 1.54) is 0 Å². The van der Waals surface area contributed by atoms with Crippen LogP contribution in [0.2, 0.25) is 5.02 Å². The standard InChI is InChI=1S/C14H21ClN4O/c1-8-14(15)12(18-17-8)7-19(2)11-3-9-5-13(20)16-6-10(9)4-11/h9-11H,3-7H2,1-2H3,(H,16,20)(H,17,18)/t9-,10+,11-/m1/s1. The summed E-state index contributed by atoms with van der Waals surface area (Å²) in [6.45, 7) is 3.53. The molecule has 1 amide bonds. The molecule has 1 aromatic heterocycles. The number of nitrogens with zero attached hydrogens (tertiary/aromatic N) is 2. The lowest BCUT2D eigenvalue weighted by atomic mass is 9.89. The van der Waals surface area contributed by atoms with E-state index in [1.54, 1.807) is 0 Å². The number of rotatable bonds is 3. The van der Waals surface area contributed by atoms with Gasteiger partial charge in [-0.2, -0.15) is 5.10 Å². The molecule has 0 bridgehead atoms. The van der Waals surface area contributed by atoms with Gasteiger partial charge in [0.15, 0.2) is 0 Å². The predicted molar refractivity (Wildman–Crippen MR) is 77.4 cm³/mol. The Morgan fingerprint density at radius 1 is 1.40 bits per heavy atom. The summed E-state index contributed by atoms with van der Waals surface area (Å²) < 4.78 is 0. The van der Waals surface area contributed by atoms with E-state index in [-0.39, 0.29) is 5.91 Å². The first-order valence-corrected chi connectivity index (χ1v) is 7.58. The monoisotopic (exact) mass is 296 g/mol. The molecule has 2 aliphatic rings. The van der Waals surface area contributed by atoms with Crippen molar-refractivity contribution in [3.8, 4) is 0 Å². The molecule has 3 atom stereocenters. The molecule has 5 nitrogen and oxygen atoms in total. The van der Waals surface area contributed by atoms with Gasteiger partial charge in [-0.15, -0.1) is 0 Å². The quantitative estimate of drug-likeness (QED) is 0.893. The van der Waals surface area contributed by atoms with Crippen LogP contribution in [0.3, 0.4) is 0 Å². The van der Waals surface area contributed by atoms with Crippen molar-refractivity contribution in [3.63, 3.8) is 0 Å². The number of aromatic amines is 1. The molecular weight excluding hydrogens is 276 g/mol. The summed E-state index contributed by atoms with van der Waals surface area (Å²) in [5.41, 5.74) is 1.83. The fraction of sp³-hybridized carbons (Fsp3) is 0.714. The second-order valence-electron chi connectivity index (χ2n) is 6.18. The zero-order valence-corrected chi connectivity index (χ0v) is 12.7. The number of halogens is 1. The minimum Gasteiger partial charge on any atom is -0.356 e. The highest BCUT2D eigenvalue weighted by molar-refractivity contribution is 6.31. The molecule has 110 valence electrons. The fourth-order valence-electron chi connectivity index (χ4n) is 3.53. The largest absolute Gasteiger partial charge is 0.356 e. The van der Waals surface area contributed by atoms with Crippen molar-refractivity contribution in [2.24, 2.45) is 11.8 Å². The lowest BCUT2D eigenvalue weighted by molar-refractivity contribution is -0.124. The first-order chi connectivity index (χ1) is 9.54. The van der Waals surface area contributed by atoms with E-state index >= 15 is 0 Å². The molecule has 1 aliphatic carbocycles. The van der Waals surface area contributed by atoms with E-state index in [1.807, 2.05) is 6.92 Å². The number of carbonyl (C=O) groups excluding carboxylic acids is 1. The molecule has 6 heteroatoms. The number of hydrogen-bond donors (Lipinski definition) is 2. The third-order valence-electron chi connectivity index (χ3n) is 4.79. The van der Waals surface area contributed by atoms with Gasteiger partial charge in [0.05, 0.1) is 16.4 Å². The highest BCUT2D eigenvalue weighted by Gasteiger charge is 2.39. The van der Waals surface area contributed by atoms with Gasteiger partial charge in [-0.1, -0.05) is 11.6 Å². The van der Waals surface area contributed by atoms with E-state index < -0.39 is 0 Å². The minimum absolute atomic E-state index is 0.209. The van der Waals surface area contributed by atoms with Gasteiger partial charge < -0.3 is 5.32 Å². The van der Waals surface area contributed by atoms with Gasteiger partial charge in [0.25, 0.3) is 0 Å². The molecule has 0 spiro atoms. The van der Waals surface area contributed by atoms with Gasteiger partial charge in [-0.05, 0) is 38.6 Å². The molecule has 1 aromatic rings. The Hall–Kier alpha value is -1.07. The number of fused-ring (bicyclic) bond motifs is 1. The summed E-state index contributed by atoms with van der Waals surface area (Å²) in [5.74, 6) is 1.39. The fourth-order valence-corrected chi connectivity index (χ4v) is 3.68. The molecule has 3 rings (SSSR count). The maximum absolute atomic E-state index is 11.5. The zero-order valence-electron chi connectivity index (χ0n) is 11.9. The van der Waals surface area contributed by atoms with E-state index in [2.05, 4.69) is 27.5 Å². The Kier molecular flexibility index (Phi) is 3.73. The van der Waals surface area contributed by atoms with Crippen LogP contribution in [0.1, 0.15) is 30.7 Å². The summed E-state index contributed by atoms with van der Waals surface area (Å²) in [4.78, 5) is 13.8. The van der Waals surface area contributed by atoms with Crippen LogP contribution >= 0.6 is 11.6 Å². The van der Waals surface area contributed by atoms with Gasteiger partial charge in [0.2, 0.25) is 5.91 Å². The maximum atomic E-state index is 11.5. The van der Waals surface area contributed by atoms with Crippen LogP contribution in [0.25, 0.3) is 0 Å². The van der Waals surface area contributed by atoms with Crippen LogP contribution in [0.5, 0.6) is 0 Å². The highest BCUT2D eigenvalue weighted by atomic mass is 35.5. The normalized spacial score (nSPS) is 29.6. The van der Waals surface area contributed by atoms with Crippen molar-refractivity contribution in [2.75, 3.05) is 13.6 Å². The van der Waals surface area contributed by atoms with E-state index in [9.17, 15) is 4.79 Å². The summed E-state index contributed by atoms with van der Waals surface area (Å²) >= 11 is 6.23. The first-order valence-electron chi connectivity index (χ1n) is 7.21. The average Bonchev–Trinajstić information content (AvgIpc) is 2.96. The number of H-pyrrole nitrogens is 1. The molecule has 20 heavy (non-hydrogen) atoms. The summed E-state index contributed by atoms with van der Waals surface area (Å²) in [7, 11) is 2.12. The molecule has 2 N–H and O–H groups in total. The molecular formula is C14H21ClN4O.